The molecule has 0 aromatic heterocycles. The fraction of sp³-hybridized carbons (Fsp3) is 0.500. The monoisotopic (exact) mass is 269 g/mol. The molecule has 1 N–H and O–H groups in total. The van der Waals surface area contributed by atoms with Crippen LogP contribution in [0.1, 0.15) is 0 Å². The van der Waals surface area contributed by atoms with Gasteiger partial charge < -0.3 is 0 Å². The van der Waals surface area contributed by atoms with E-state index < -0.39 is 32.2 Å². The number of halogens is 4. The van der Waals surface area contributed by atoms with Gasteiger partial charge in [-0.15, -0.1) is 0 Å². The van der Waals surface area contributed by atoms with Crippen molar-refractivity contribution in [1.82, 2.24) is 4.13 Å². The first-order valence-corrected chi connectivity index (χ1v) is 5.89. The summed E-state index contributed by atoms with van der Waals surface area (Å²) in [6.07, 6.45) is 0. The molecule has 88 valence electrons. The molecule has 0 aliphatic rings. The molecule has 0 bridgehead atoms. The molecule has 5 nitrogen and oxygen atoms in total. The first kappa shape index (κ1) is 14.1. The standard InChI is InChI=1S/C4H3F4NO4S2/c5-2-1-3-14(10,11)9-15(12,13)4(6,7)8/h9H,2H2. The molecule has 0 atom stereocenters. The maximum absolute atomic E-state index is 11.6. The van der Waals surface area contributed by atoms with Crippen molar-refractivity contribution in [2.75, 3.05) is 6.67 Å². The molecular weight excluding hydrogens is 266 g/mol. The molecule has 0 unspecified atom stereocenters. The van der Waals surface area contributed by atoms with E-state index in [2.05, 4.69) is 0 Å². The summed E-state index contributed by atoms with van der Waals surface area (Å²) < 4.78 is 88.1. The summed E-state index contributed by atoms with van der Waals surface area (Å²) >= 11 is 0. The minimum Gasteiger partial charge on any atom is -0.237 e. The highest BCUT2D eigenvalue weighted by atomic mass is 32.3. The van der Waals surface area contributed by atoms with Gasteiger partial charge in [0.05, 0.1) is 0 Å². The number of nitrogens with one attached hydrogen (secondary N) is 1. The van der Waals surface area contributed by atoms with Gasteiger partial charge in [-0.1, -0.05) is 10.0 Å². The van der Waals surface area contributed by atoms with Crippen molar-refractivity contribution in [2.24, 2.45) is 0 Å². The first-order valence-electron chi connectivity index (χ1n) is 2.92. The molecule has 0 aromatic rings. The van der Waals surface area contributed by atoms with Crippen LogP contribution in [0.3, 0.4) is 0 Å². The van der Waals surface area contributed by atoms with Gasteiger partial charge in [0.1, 0.15) is 0 Å². The van der Waals surface area contributed by atoms with Crippen LogP contribution < -0.4 is 4.13 Å². The summed E-state index contributed by atoms with van der Waals surface area (Å²) in [7, 11) is -11.1. The summed E-state index contributed by atoms with van der Waals surface area (Å²) in [5.41, 5.74) is -5.78. The Morgan fingerprint density at radius 3 is 1.93 bits per heavy atom. The van der Waals surface area contributed by atoms with Crippen LogP contribution in [0.4, 0.5) is 17.6 Å². The smallest absolute Gasteiger partial charge is 0.237 e. The number of sulfonamides is 2. The SMILES string of the molecule is O=S(=O)(C#CCF)NS(=O)(=O)C(F)(F)F. The van der Waals surface area contributed by atoms with E-state index in [1.54, 1.807) is 0 Å². The van der Waals surface area contributed by atoms with Gasteiger partial charge in [-0.25, -0.2) is 12.8 Å². The Bertz CT molecular complexity index is 479. The van der Waals surface area contributed by atoms with E-state index in [1.165, 1.54) is 5.92 Å². The molecule has 11 heteroatoms. The number of hydrogen-bond acceptors (Lipinski definition) is 4. The second-order valence-corrected chi connectivity index (χ2v) is 5.30. The molecule has 0 spiro atoms. The van der Waals surface area contributed by atoms with Crippen LogP contribution in [0, 0.1) is 11.2 Å². The van der Waals surface area contributed by atoms with Crippen LogP contribution in [0.15, 0.2) is 0 Å². The van der Waals surface area contributed by atoms with E-state index >= 15 is 0 Å². The highest BCUT2D eigenvalue weighted by Crippen LogP contribution is 2.21. The first-order chi connectivity index (χ1) is 6.52. The van der Waals surface area contributed by atoms with Crippen molar-refractivity contribution in [2.45, 2.75) is 5.51 Å². The van der Waals surface area contributed by atoms with Gasteiger partial charge in [0, 0.05) is 5.25 Å². The topological polar surface area (TPSA) is 80.3 Å². The van der Waals surface area contributed by atoms with E-state index in [0.717, 1.165) is 5.25 Å². The minimum atomic E-state index is -6.05. The van der Waals surface area contributed by atoms with E-state index in [-0.39, 0.29) is 4.13 Å². The Kier molecular flexibility index (Phi) is 4.08. The maximum atomic E-state index is 11.6. The number of rotatable bonds is 2. The molecule has 0 heterocycles. The lowest BCUT2D eigenvalue weighted by atomic mass is 10.8. The van der Waals surface area contributed by atoms with Gasteiger partial charge in [-0.3, -0.25) is 0 Å². The van der Waals surface area contributed by atoms with Crippen molar-refractivity contribution in [1.29, 1.82) is 0 Å². The molecule has 0 amide bonds. The summed E-state index contributed by atoms with van der Waals surface area (Å²) in [4.78, 5) is 0. The molecule has 0 saturated carbocycles. The largest absolute Gasteiger partial charge is 0.512 e. The number of alkyl halides is 4. The van der Waals surface area contributed by atoms with Gasteiger partial charge in [-0.2, -0.15) is 21.6 Å². The van der Waals surface area contributed by atoms with Crippen LogP contribution >= 0.6 is 0 Å². The minimum absolute atomic E-state index is 0.287. The molecule has 0 aliphatic carbocycles. The predicted molar refractivity (Wildman–Crippen MR) is 40.8 cm³/mol. The fourth-order valence-electron chi connectivity index (χ4n) is 0.335. The molecular formula is C4H3F4NO4S2. The lowest BCUT2D eigenvalue weighted by Gasteiger charge is -2.06. The van der Waals surface area contributed by atoms with Gasteiger partial charge in [0.2, 0.25) is 0 Å². The summed E-state index contributed by atoms with van der Waals surface area (Å²) in [6, 6.07) is 0. The summed E-state index contributed by atoms with van der Waals surface area (Å²) in [6.45, 7) is -1.44. The normalized spacial score (nSPS) is 13.1. The zero-order valence-corrected chi connectivity index (χ0v) is 8.30. The van der Waals surface area contributed by atoms with Crippen molar-refractivity contribution < 1.29 is 34.4 Å². The third-order valence-corrected chi connectivity index (χ3v) is 3.58. The van der Waals surface area contributed by atoms with Crippen molar-refractivity contribution in [3.05, 3.63) is 0 Å². The van der Waals surface area contributed by atoms with Crippen LogP contribution in [-0.4, -0.2) is 29.0 Å². The Morgan fingerprint density at radius 1 is 1.13 bits per heavy atom. The lowest BCUT2D eigenvalue weighted by molar-refractivity contribution is -0.0441. The van der Waals surface area contributed by atoms with Crippen molar-refractivity contribution >= 4 is 20.0 Å². The Hall–Kier alpha value is -0.860. The van der Waals surface area contributed by atoms with Gasteiger partial charge >= 0.3 is 15.5 Å². The third kappa shape index (κ3) is 4.45. The molecule has 15 heavy (non-hydrogen) atoms. The van der Waals surface area contributed by atoms with E-state index in [4.69, 9.17) is 0 Å². The predicted octanol–water partition coefficient (Wildman–Crippen LogP) is -0.314. The molecule has 0 radical (unpaired) electrons. The quantitative estimate of drug-likeness (QED) is 0.550. The van der Waals surface area contributed by atoms with Gasteiger partial charge in [0.15, 0.2) is 6.67 Å². The Morgan fingerprint density at radius 2 is 1.60 bits per heavy atom. The Labute approximate surface area is 82.6 Å². The van der Waals surface area contributed by atoms with E-state index in [1.807, 2.05) is 0 Å². The second-order valence-electron chi connectivity index (χ2n) is 1.95. The zero-order chi connectivity index (χ0) is 12.3. The van der Waals surface area contributed by atoms with Crippen LogP contribution in [-0.2, 0) is 20.0 Å². The molecule has 0 rings (SSSR count). The molecule has 0 saturated heterocycles. The second kappa shape index (κ2) is 4.33. The summed E-state index contributed by atoms with van der Waals surface area (Å²) in [5, 5.41) is 0.994. The number of hydrogen-bond donors (Lipinski definition) is 1. The van der Waals surface area contributed by atoms with Gasteiger partial charge in [0.25, 0.3) is 10.0 Å². The fourth-order valence-corrected chi connectivity index (χ4v) is 2.28. The molecule has 0 aliphatic heterocycles. The Balaban J connectivity index is 5.09. The molecule has 0 fully saturated rings. The van der Waals surface area contributed by atoms with Crippen molar-refractivity contribution in [3.8, 4) is 11.2 Å². The maximum Gasteiger partial charge on any atom is 0.512 e. The van der Waals surface area contributed by atoms with E-state index in [9.17, 15) is 34.4 Å². The van der Waals surface area contributed by atoms with Crippen LogP contribution in [0.5, 0.6) is 0 Å². The highest BCUT2D eigenvalue weighted by Gasteiger charge is 2.48. The third-order valence-electron chi connectivity index (χ3n) is 0.797. The van der Waals surface area contributed by atoms with E-state index in [0.29, 0.717) is 0 Å². The van der Waals surface area contributed by atoms with Gasteiger partial charge in [-0.05, 0) is 0 Å². The highest BCUT2D eigenvalue weighted by molar-refractivity contribution is 8.07. The van der Waals surface area contributed by atoms with Crippen LogP contribution in [0.2, 0.25) is 0 Å². The zero-order valence-electron chi connectivity index (χ0n) is 6.67. The van der Waals surface area contributed by atoms with Crippen molar-refractivity contribution in [3.63, 3.8) is 0 Å². The lowest BCUT2D eigenvalue weighted by Crippen LogP contribution is -2.39. The summed E-state index contributed by atoms with van der Waals surface area (Å²) in [5.74, 6) is 1.26. The van der Waals surface area contributed by atoms with Crippen LogP contribution in [0.25, 0.3) is 0 Å². The molecule has 0 aromatic carbocycles. The average Bonchev–Trinajstić information content (AvgIpc) is 1.96. The average molecular weight is 269 g/mol.